The van der Waals surface area contributed by atoms with Gasteiger partial charge in [-0.2, -0.15) is 5.48 Å². The summed E-state index contributed by atoms with van der Waals surface area (Å²) < 4.78 is 3.51. The third-order valence-corrected chi connectivity index (χ3v) is 2.76. The summed E-state index contributed by atoms with van der Waals surface area (Å²) in [6.45, 7) is 0. The zero-order valence-corrected chi connectivity index (χ0v) is 10.4. The number of halogens is 1. The zero-order chi connectivity index (χ0) is 13.0. The molecule has 1 aromatic heterocycles. The number of hydrogen-bond acceptors (Lipinski definition) is 6. The van der Waals surface area contributed by atoms with Gasteiger partial charge in [-0.3, -0.25) is 4.79 Å². The van der Waals surface area contributed by atoms with E-state index in [4.69, 9.17) is 11.6 Å². The Morgan fingerprint density at radius 2 is 2.11 bits per heavy atom. The maximum absolute atomic E-state index is 11.6. The summed E-state index contributed by atoms with van der Waals surface area (Å²) in [5.41, 5.74) is 2.21. The van der Waals surface area contributed by atoms with E-state index in [2.05, 4.69) is 14.4 Å². The van der Waals surface area contributed by atoms with Gasteiger partial charge in [0, 0.05) is 5.38 Å². The lowest BCUT2D eigenvalue weighted by Gasteiger charge is -2.04. The lowest BCUT2D eigenvalue weighted by molar-refractivity contribution is 0.0228. The van der Waals surface area contributed by atoms with E-state index in [1.165, 1.54) is 11.4 Å². The van der Waals surface area contributed by atoms with E-state index < -0.39 is 11.9 Å². The summed E-state index contributed by atoms with van der Waals surface area (Å²) in [5, 5.41) is 5.20. The average molecular weight is 284 g/mol. The molecule has 0 spiro atoms. The maximum atomic E-state index is 11.6. The monoisotopic (exact) mass is 283 g/mol. The van der Waals surface area contributed by atoms with Gasteiger partial charge in [-0.25, -0.2) is 4.79 Å². The van der Waals surface area contributed by atoms with Crippen molar-refractivity contribution in [2.75, 3.05) is 0 Å². The van der Waals surface area contributed by atoms with Gasteiger partial charge in [0.05, 0.1) is 10.6 Å². The van der Waals surface area contributed by atoms with E-state index in [1.54, 1.807) is 18.2 Å². The van der Waals surface area contributed by atoms with E-state index >= 15 is 0 Å². The minimum absolute atomic E-state index is 0.0759. The summed E-state index contributed by atoms with van der Waals surface area (Å²) in [4.78, 5) is 27.6. The highest BCUT2D eigenvalue weighted by molar-refractivity contribution is 7.03. The Bertz CT molecular complexity index is 574. The smallest absolute Gasteiger partial charge is 0.335 e. The molecule has 1 N–H and O–H groups in total. The third kappa shape index (κ3) is 2.82. The molecule has 0 aliphatic rings. The Balaban J connectivity index is 1.97. The van der Waals surface area contributed by atoms with Crippen molar-refractivity contribution < 1.29 is 14.4 Å². The number of rotatable bonds is 2. The second-order valence-electron chi connectivity index (χ2n) is 3.09. The van der Waals surface area contributed by atoms with Crippen LogP contribution in [-0.2, 0) is 4.84 Å². The minimum atomic E-state index is -0.753. The Kier molecular flexibility index (Phi) is 3.85. The fourth-order valence-electron chi connectivity index (χ4n) is 1.09. The van der Waals surface area contributed by atoms with Crippen LogP contribution >= 0.6 is 23.1 Å². The minimum Gasteiger partial charge on any atom is -0.335 e. The molecule has 0 unspecified atom stereocenters. The highest BCUT2D eigenvalue weighted by Crippen LogP contribution is 2.15. The first kappa shape index (κ1) is 12.5. The maximum Gasteiger partial charge on any atom is 0.364 e. The lowest BCUT2D eigenvalue weighted by atomic mass is 10.2. The van der Waals surface area contributed by atoms with Crippen molar-refractivity contribution in [2.24, 2.45) is 0 Å². The van der Waals surface area contributed by atoms with E-state index in [0.29, 0.717) is 0 Å². The number of hydroxylamine groups is 1. The van der Waals surface area contributed by atoms with Gasteiger partial charge in [-0.1, -0.05) is 28.2 Å². The number of carbonyl (C=O) groups is 2. The molecule has 2 rings (SSSR count). The molecule has 92 valence electrons. The second-order valence-corrected chi connectivity index (χ2v) is 4.11. The number of amides is 1. The molecular formula is C10H6ClN3O3S. The Hall–Kier alpha value is -1.99. The summed E-state index contributed by atoms with van der Waals surface area (Å²) in [5.74, 6) is -1.40. The summed E-state index contributed by atoms with van der Waals surface area (Å²) in [7, 11) is 0. The van der Waals surface area contributed by atoms with Gasteiger partial charge in [0.15, 0.2) is 5.69 Å². The molecular weight excluding hydrogens is 278 g/mol. The molecule has 18 heavy (non-hydrogen) atoms. The van der Waals surface area contributed by atoms with E-state index in [9.17, 15) is 9.59 Å². The summed E-state index contributed by atoms with van der Waals surface area (Å²) >= 11 is 6.82. The van der Waals surface area contributed by atoms with Crippen LogP contribution in [0.3, 0.4) is 0 Å². The van der Waals surface area contributed by atoms with Crippen LogP contribution in [-0.4, -0.2) is 21.5 Å². The molecule has 0 bridgehead atoms. The van der Waals surface area contributed by atoms with Crippen molar-refractivity contribution in [3.05, 3.63) is 45.9 Å². The van der Waals surface area contributed by atoms with Crippen LogP contribution in [0.25, 0.3) is 0 Å². The largest absolute Gasteiger partial charge is 0.364 e. The number of benzene rings is 1. The van der Waals surface area contributed by atoms with Crippen molar-refractivity contribution in [1.82, 2.24) is 15.1 Å². The fraction of sp³-hybridized carbons (Fsp3) is 0. The van der Waals surface area contributed by atoms with Crippen molar-refractivity contribution >= 4 is 35.0 Å². The van der Waals surface area contributed by atoms with Gasteiger partial charge in [0.1, 0.15) is 0 Å². The van der Waals surface area contributed by atoms with Crippen molar-refractivity contribution in [2.45, 2.75) is 0 Å². The number of hydrogen-bond donors (Lipinski definition) is 1. The SMILES string of the molecule is O=C(NOC(=O)c1ccccc1Cl)c1csnn1. The van der Waals surface area contributed by atoms with Crippen LogP contribution in [0.2, 0.25) is 5.02 Å². The first-order valence-electron chi connectivity index (χ1n) is 4.71. The topological polar surface area (TPSA) is 81.2 Å². The molecule has 0 radical (unpaired) electrons. The molecule has 0 saturated heterocycles. The highest BCUT2D eigenvalue weighted by Gasteiger charge is 2.15. The predicted octanol–water partition coefficient (Wildman–Crippen LogP) is 1.69. The van der Waals surface area contributed by atoms with E-state index in [-0.39, 0.29) is 16.3 Å². The molecule has 0 fully saturated rings. The van der Waals surface area contributed by atoms with Crippen LogP contribution in [0.5, 0.6) is 0 Å². The standard InChI is InChI=1S/C10H6ClN3O3S/c11-7-4-2-1-3-6(7)10(16)17-13-9(15)8-5-18-14-12-8/h1-5H,(H,13,15). The first-order chi connectivity index (χ1) is 8.68. The number of nitrogens with zero attached hydrogens (tertiary/aromatic N) is 2. The van der Waals surface area contributed by atoms with Gasteiger partial charge in [-0.15, -0.1) is 5.10 Å². The molecule has 2 aromatic rings. The molecule has 0 aliphatic carbocycles. The van der Waals surface area contributed by atoms with Gasteiger partial charge in [0.25, 0.3) is 0 Å². The first-order valence-corrected chi connectivity index (χ1v) is 5.93. The second kappa shape index (κ2) is 5.56. The van der Waals surface area contributed by atoms with Gasteiger partial charge in [0.2, 0.25) is 0 Å². The molecule has 1 aromatic carbocycles. The Morgan fingerprint density at radius 1 is 1.33 bits per heavy atom. The number of carbonyl (C=O) groups excluding carboxylic acids is 2. The zero-order valence-electron chi connectivity index (χ0n) is 8.79. The molecule has 0 atom stereocenters. The molecule has 6 nitrogen and oxygen atoms in total. The van der Waals surface area contributed by atoms with Crippen molar-refractivity contribution in [3.63, 3.8) is 0 Å². The van der Waals surface area contributed by atoms with Crippen LogP contribution in [0.15, 0.2) is 29.6 Å². The number of aromatic nitrogens is 2. The van der Waals surface area contributed by atoms with Crippen LogP contribution in [0.1, 0.15) is 20.8 Å². The van der Waals surface area contributed by atoms with Gasteiger partial charge in [-0.05, 0) is 23.7 Å². The van der Waals surface area contributed by atoms with E-state index in [0.717, 1.165) is 11.5 Å². The quantitative estimate of drug-likeness (QED) is 0.848. The number of nitrogens with one attached hydrogen (secondary N) is 1. The highest BCUT2D eigenvalue weighted by atomic mass is 35.5. The molecule has 1 amide bonds. The molecule has 8 heteroatoms. The Morgan fingerprint density at radius 3 is 2.78 bits per heavy atom. The van der Waals surface area contributed by atoms with Crippen LogP contribution in [0, 0.1) is 0 Å². The predicted molar refractivity (Wildman–Crippen MR) is 64.2 cm³/mol. The summed E-state index contributed by atoms with van der Waals surface area (Å²) in [6, 6.07) is 6.35. The average Bonchev–Trinajstić information content (AvgIpc) is 2.90. The lowest BCUT2D eigenvalue weighted by Crippen LogP contribution is -2.27. The van der Waals surface area contributed by atoms with Crippen LogP contribution < -0.4 is 5.48 Å². The van der Waals surface area contributed by atoms with Crippen LogP contribution in [0.4, 0.5) is 0 Å². The van der Waals surface area contributed by atoms with Crippen molar-refractivity contribution in [3.8, 4) is 0 Å². The van der Waals surface area contributed by atoms with Gasteiger partial charge >= 0.3 is 11.9 Å². The summed E-state index contributed by atoms with van der Waals surface area (Å²) in [6.07, 6.45) is 0. The molecule has 1 heterocycles. The third-order valence-electron chi connectivity index (χ3n) is 1.92. The molecule has 0 saturated carbocycles. The van der Waals surface area contributed by atoms with Crippen molar-refractivity contribution in [1.29, 1.82) is 0 Å². The Labute approximate surface area is 111 Å². The van der Waals surface area contributed by atoms with Gasteiger partial charge < -0.3 is 4.84 Å². The fourth-order valence-corrected chi connectivity index (χ4v) is 1.74. The molecule has 0 aliphatic heterocycles. The van der Waals surface area contributed by atoms with E-state index in [1.807, 2.05) is 5.48 Å². The normalized spacial score (nSPS) is 9.83.